The van der Waals surface area contributed by atoms with Gasteiger partial charge in [-0.15, -0.1) is 0 Å². The lowest BCUT2D eigenvalue weighted by Crippen LogP contribution is -2.51. The van der Waals surface area contributed by atoms with Gasteiger partial charge < -0.3 is 10.0 Å². The number of hydrogen-bond acceptors (Lipinski definition) is 12. The Balaban J connectivity index is -0.00000140. The third kappa shape index (κ3) is 45.9. The number of rotatable bonds is 6. The fourth-order valence-electron chi connectivity index (χ4n) is 23.4. The third-order valence-electron chi connectivity index (χ3n) is 31.1. The van der Waals surface area contributed by atoms with Gasteiger partial charge in [-0.05, 0) is 502 Å². The monoisotopic (exact) mass is 1870 g/mol. The van der Waals surface area contributed by atoms with Crippen LogP contribution < -0.4 is 0 Å². The lowest BCUT2D eigenvalue weighted by Gasteiger charge is -2.43. The quantitative estimate of drug-likeness (QED) is 0.295. The maximum Gasteiger partial charge on any atom is 0.260 e. The zero-order chi connectivity index (χ0) is 92.8. The van der Waals surface area contributed by atoms with Crippen LogP contribution in [0.4, 0.5) is 8.78 Å². The van der Waals surface area contributed by atoms with Crippen LogP contribution in [0, 0.1) is 23.7 Å². The maximum atomic E-state index is 13.2. The highest BCUT2D eigenvalue weighted by atomic mass is 19.3. The predicted molar refractivity (Wildman–Crippen MR) is 591 cm³/mol. The van der Waals surface area contributed by atoms with E-state index in [0.29, 0.717) is 56.8 Å². The molecule has 1 aromatic rings. The van der Waals surface area contributed by atoms with Crippen molar-refractivity contribution in [2.45, 2.75) is 603 Å². The number of aliphatic hydroxyl groups is 1. The number of alkyl halides is 2. The fraction of sp³-hybridized carbons (Fsp3) is 0.949. The number of likely N-dealkylation sites (tertiary alicyclic amines) is 11. The van der Waals surface area contributed by atoms with Gasteiger partial charge in [-0.2, -0.15) is 0 Å². The Hall–Kier alpha value is -1.40. The highest BCUT2D eigenvalue weighted by molar-refractivity contribution is 5.21. The first-order valence-corrected chi connectivity index (χ1v) is 52.7. The molecule has 0 amide bonds. The Kier molecular flexibility index (Phi) is 60.9. The predicted octanol–water partition coefficient (Wildman–Crippen LogP) is 31.4. The molecule has 15 rings (SSSR count). The second-order valence-electron chi connectivity index (χ2n) is 51.7. The molecule has 7 atom stereocenters. The number of benzene rings is 1. The minimum atomic E-state index is -2.57. The first-order chi connectivity index (χ1) is 57.3. The van der Waals surface area contributed by atoms with E-state index in [0.717, 1.165) is 86.7 Å². The molecular weight excluding hydrogens is 1630 g/mol. The summed E-state index contributed by atoms with van der Waals surface area (Å²) >= 11 is 0. The molecule has 12 nitrogen and oxygen atoms in total. The van der Waals surface area contributed by atoms with Crippen molar-refractivity contribution in [3.8, 4) is 0 Å². The smallest absolute Gasteiger partial charge is 0.260 e. The van der Waals surface area contributed by atoms with Crippen LogP contribution in [0.3, 0.4) is 0 Å². The number of hydrogen-bond donors (Lipinski definition) is 1. The molecule has 0 radical (unpaired) electrons. The van der Waals surface area contributed by atoms with Crippen LogP contribution >= 0.6 is 0 Å². The van der Waals surface area contributed by atoms with Crippen LogP contribution in [0.1, 0.15) is 505 Å². The van der Waals surface area contributed by atoms with Crippen LogP contribution in [0.5, 0.6) is 0 Å². The van der Waals surface area contributed by atoms with E-state index in [2.05, 4.69) is 274 Å². The second kappa shape index (κ2) is 59.6. The van der Waals surface area contributed by atoms with Crippen molar-refractivity contribution in [3.05, 3.63) is 35.9 Å². The van der Waals surface area contributed by atoms with E-state index in [9.17, 15) is 13.9 Å². The van der Waals surface area contributed by atoms with E-state index in [4.69, 9.17) is 0 Å². The summed E-state index contributed by atoms with van der Waals surface area (Å²) in [5, 5.41) is 9.85. The van der Waals surface area contributed by atoms with Crippen molar-refractivity contribution in [2.75, 3.05) is 105 Å². The summed E-state index contributed by atoms with van der Waals surface area (Å²) in [6, 6.07) is 14.7. The summed E-state index contributed by atoms with van der Waals surface area (Å²) in [5.74, 6) is 1.51. The number of aliphatic hydroxyl groups excluding tert-OH is 1. The number of piperidine rings is 3. The van der Waals surface area contributed by atoms with Gasteiger partial charge in [0.1, 0.15) is 0 Å². The maximum absolute atomic E-state index is 13.2. The number of β-amino-alcohol motifs (C(OH)–C–C–N with tert-alkyl or cyclic N) is 1. The largest absolute Gasteiger partial charge is 0.392 e. The SMILES string of the molecule is C.C.C.C.C.C.C.C.CC(C)(C)N1CC(O)CC1c1ccccc1.CC(C)(C)N1CCC(N2CCCC2)CC1.CC(C)(C)N1CCCC1.CC(C)(C)N1CCCC1C1CC1.CC(C)(C)N1CCCC1C1CCC1.CC(C)(C)N1CCCC1C1CCCCC1.CC(C)(C)N1CCCCC1.CC(F)(F)C1CCCN1C(C)(C)C.CC1CCCN1C(C)(C)C.CC1CCN(C(C)(C)C)CC1. The Morgan fingerprint density at radius 3 is 0.856 bits per heavy atom. The minimum Gasteiger partial charge on any atom is -0.392 e. The van der Waals surface area contributed by atoms with Crippen LogP contribution in [0.15, 0.2) is 30.3 Å². The van der Waals surface area contributed by atoms with Crippen LogP contribution in [0.25, 0.3) is 0 Å². The molecule has 1 aromatic carbocycles. The molecule has 11 aliphatic heterocycles. The molecule has 0 bridgehead atoms. The molecule has 1 N–H and O–H groups in total. The normalized spacial score (nSPS) is 26.3. The molecule has 132 heavy (non-hydrogen) atoms. The van der Waals surface area contributed by atoms with Crippen LogP contribution in [0.2, 0.25) is 0 Å². The fourth-order valence-corrected chi connectivity index (χ4v) is 23.4. The lowest BCUT2D eigenvalue weighted by atomic mass is 9.78. The van der Waals surface area contributed by atoms with E-state index >= 15 is 0 Å². The van der Waals surface area contributed by atoms with Gasteiger partial charge >= 0.3 is 0 Å². The molecule has 11 saturated heterocycles. The van der Waals surface area contributed by atoms with Crippen LogP contribution in [-0.4, -0.2) is 267 Å². The third-order valence-corrected chi connectivity index (χ3v) is 31.1. The summed E-state index contributed by atoms with van der Waals surface area (Å²) < 4.78 is 26.3. The van der Waals surface area contributed by atoms with Gasteiger partial charge in [-0.25, -0.2) is 8.78 Å². The molecule has 11 heterocycles. The summed E-state index contributed by atoms with van der Waals surface area (Å²) in [6.45, 7) is 94.3. The zero-order valence-corrected chi connectivity index (χ0v) is 88.9. The van der Waals surface area contributed by atoms with Gasteiger partial charge in [0.25, 0.3) is 5.92 Å². The molecule has 0 spiro atoms. The van der Waals surface area contributed by atoms with E-state index in [-0.39, 0.29) is 76.6 Å². The Morgan fingerprint density at radius 1 is 0.265 bits per heavy atom. The average molecular weight is 1870 g/mol. The second-order valence-corrected chi connectivity index (χ2v) is 51.7. The zero-order valence-electron chi connectivity index (χ0n) is 88.9. The van der Waals surface area contributed by atoms with E-state index in [1.165, 1.54) is 283 Å². The summed E-state index contributed by atoms with van der Waals surface area (Å²) in [6.07, 6.45) is 44.0. The Morgan fingerprint density at radius 2 is 0.561 bits per heavy atom. The van der Waals surface area contributed by atoms with Gasteiger partial charge in [0.15, 0.2) is 0 Å². The Bertz CT molecular complexity index is 2970. The van der Waals surface area contributed by atoms with Crippen molar-refractivity contribution in [1.82, 2.24) is 53.9 Å². The van der Waals surface area contributed by atoms with Gasteiger partial charge in [0.05, 0.1) is 12.1 Å². The van der Waals surface area contributed by atoms with E-state index in [1.54, 1.807) is 0 Å². The number of halogens is 2. The highest BCUT2D eigenvalue weighted by Crippen LogP contribution is 2.45. The average Bonchev–Trinajstić information content (AvgIpc) is 1.69. The summed E-state index contributed by atoms with van der Waals surface area (Å²) in [4.78, 5) is 28.2. The first kappa shape index (κ1) is 135. The van der Waals surface area contributed by atoms with Gasteiger partial charge in [0.2, 0.25) is 0 Å². The molecule has 3 aliphatic carbocycles. The number of nitrogens with zero attached hydrogens (tertiary/aromatic N) is 11. The van der Waals surface area contributed by atoms with Gasteiger partial charge in [-0.1, -0.05) is 129 Å². The van der Waals surface area contributed by atoms with Crippen LogP contribution in [-0.2, 0) is 0 Å². The van der Waals surface area contributed by atoms with E-state index in [1.807, 2.05) is 31.7 Å². The van der Waals surface area contributed by atoms with Gasteiger partial charge in [-0.3, -0.25) is 49.0 Å². The van der Waals surface area contributed by atoms with Crippen molar-refractivity contribution >= 4 is 0 Å². The van der Waals surface area contributed by atoms with Crippen molar-refractivity contribution < 1.29 is 13.9 Å². The highest BCUT2D eigenvalue weighted by Gasteiger charge is 2.47. The van der Waals surface area contributed by atoms with Crippen molar-refractivity contribution in [1.29, 1.82) is 0 Å². The van der Waals surface area contributed by atoms with Crippen molar-refractivity contribution in [2.24, 2.45) is 23.7 Å². The lowest BCUT2D eigenvalue weighted by molar-refractivity contribution is -0.0747. The molecule has 14 heteroatoms. The standard InChI is InChI=1S/C14H21NO.C14H27N.C13H26N2.C12H23N.C11H21N.C10H19F2N.C10H21N.2C9H19N.C8H17N.8CH4/c1-14(2,3)15-10-12(16)9-13(15)11-7-5-4-6-8-11;1-14(2,3)15-11-7-10-13(15)12-8-5-4-6-9-12;1-13(2,3)15-10-6-12(7-11-15)14-8-4-5-9-14;1-12(2,3)13-9-5-8-11(13)10-6-4-7-10;1-11(2,3)12-8-4-5-10(12)9-6-7-9;1-9(2,3)13-7-5-6-8(13)10(4,11)12;1-9-5-7-11(8-6-9)10(2,3)4;1-8-6-5-7-10(8)9(2,3)4;1-9(2,3)10-7-5-4-6-8-10;1-8(2,3)9-6-4-5-7-9;;;;;;;;/h4-8,12-13,16H,9-10H2,1-3H3;12-13H,4-11H2,1-3H3;12H,4-11H2,1-3H3;10-11H,4-9H2,1-3H3;9-10H,4-8H2,1-3H3;8H,5-7H2,1-4H3;9H,5-8H2,1-4H3;8H,5-7H2,1-4H3;4-8H2,1-3H3;4-7H2,1-3H3;8*1H4. The minimum absolute atomic E-state index is 0. The molecule has 14 aliphatic rings. The summed E-state index contributed by atoms with van der Waals surface area (Å²) in [7, 11) is 0. The van der Waals surface area contributed by atoms with Gasteiger partial charge in [0, 0.05) is 118 Å². The molecular formula is C118H245F2N11O. The molecule has 3 saturated carbocycles. The van der Waals surface area contributed by atoms with Crippen molar-refractivity contribution in [3.63, 3.8) is 0 Å². The molecule has 792 valence electrons. The van der Waals surface area contributed by atoms with E-state index < -0.39 is 12.0 Å². The summed E-state index contributed by atoms with van der Waals surface area (Å²) in [5.41, 5.74) is 4.44. The first-order valence-electron chi connectivity index (χ1n) is 52.7. The molecule has 0 aromatic heterocycles. The Labute approximate surface area is 830 Å². The molecule has 7 unspecified atom stereocenters. The topological polar surface area (TPSA) is 55.9 Å². The molecule has 14 fully saturated rings.